The van der Waals surface area contributed by atoms with Crippen LogP contribution < -0.4 is 11.3 Å². The van der Waals surface area contributed by atoms with Crippen LogP contribution in [0.2, 0.25) is 5.15 Å². The lowest BCUT2D eigenvalue weighted by atomic mass is 10.3. The molecule has 64 valence electrons. The predicted molar refractivity (Wildman–Crippen MR) is 40.5 cm³/mol. The number of primary amides is 1. The van der Waals surface area contributed by atoms with Gasteiger partial charge < -0.3 is 10.7 Å². The van der Waals surface area contributed by atoms with Crippen molar-refractivity contribution in [3.05, 3.63) is 33.0 Å². The highest BCUT2D eigenvalue weighted by atomic mass is 35.5. The van der Waals surface area contributed by atoms with Crippen molar-refractivity contribution in [1.82, 2.24) is 4.98 Å². The second kappa shape index (κ2) is 2.94. The molecule has 0 saturated heterocycles. The number of pyridine rings is 1. The minimum atomic E-state index is -1.09. The molecule has 0 aromatic carbocycles. The van der Waals surface area contributed by atoms with E-state index in [0.717, 1.165) is 0 Å². The number of nitrogens with one attached hydrogen (secondary N) is 1. The molecule has 4 nitrogen and oxygen atoms in total. The molecule has 1 rings (SSSR count). The number of aromatic nitrogens is 1. The molecule has 6 heteroatoms. The van der Waals surface area contributed by atoms with Crippen LogP contribution in [0.15, 0.2) is 10.9 Å². The number of carbonyl (C=O) groups excluding carboxylic acids is 1. The molecule has 0 aliphatic heterocycles. The Kier molecular flexibility index (Phi) is 2.14. The third-order valence-corrected chi connectivity index (χ3v) is 1.51. The minimum Gasteiger partial charge on any atom is -0.366 e. The van der Waals surface area contributed by atoms with E-state index < -0.39 is 17.3 Å². The van der Waals surface area contributed by atoms with Gasteiger partial charge in [-0.15, -0.1) is 0 Å². The molecule has 0 atom stereocenters. The lowest BCUT2D eigenvalue weighted by Crippen LogP contribution is -2.18. The van der Waals surface area contributed by atoms with Gasteiger partial charge in [-0.2, -0.15) is 0 Å². The van der Waals surface area contributed by atoms with E-state index in [1.807, 2.05) is 4.98 Å². The topological polar surface area (TPSA) is 76.0 Å². The lowest BCUT2D eigenvalue weighted by molar-refractivity contribution is 0.0999. The number of carbonyl (C=O) groups is 1. The highest BCUT2D eigenvalue weighted by molar-refractivity contribution is 6.32. The number of amides is 1. The van der Waals surface area contributed by atoms with E-state index >= 15 is 0 Å². The van der Waals surface area contributed by atoms with Crippen LogP contribution in [-0.2, 0) is 0 Å². The Morgan fingerprint density at radius 1 is 1.67 bits per heavy atom. The molecule has 0 radical (unpaired) electrons. The van der Waals surface area contributed by atoms with E-state index in [1.54, 1.807) is 0 Å². The second-order valence-electron chi connectivity index (χ2n) is 2.04. The average molecular weight is 191 g/mol. The Balaban J connectivity index is 3.43. The summed E-state index contributed by atoms with van der Waals surface area (Å²) in [6, 6.07) is 0.698. The van der Waals surface area contributed by atoms with Crippen LogP contribution in [0.4, 0.5) is 4.39 Å². The van der Waals surface area contributed by atoms with Crippen molar-refractivity contribution >= 4 is 17.5 Å². The smallest absolute Gasteiger partial charge is 0.285 e. The molecule has 0 aliphatic carbocycles. The first-order valence-corrected chi connectivity index (χ1v) is 3.28. The summed E-state index contributed by atoms with van der Waals surface area (Å²) in [5.74, 6) is -1.98. The first-order chi connectivity index (χ1) is 5.52. The maximum atomic E-state index is 12.5. The maximum Gasteiger partial charge on any atom is 0.285 e. The Hall–Kier alpha value is -1.36. The van der Waals surface area contributed by atoms with Gasteiger partial charge >= 0.3 is 0 Å². The van der Waals surface area contributed by atoms with Crippen molar-refractivity contribution in [2.45, 2.75) is 0 Å². The summed E-state index contributed by atoms with van der Waals surface area (Å²) in [6.07, 6.45) is 0. The van der Waals surface area contributed by atoms with Gasteiger partial charge in [-0.1, -0.05) is 11.6 Å². The van der Waals surface area contributed by atoms with Crippen LogP contribution in [0.3, 0.4) is 0 Å². The summed E-state index contributed by atoms with van der Waals surface area (Å²) in [6.45, 7) is 0. The van der Waals surface area contributed by atoms with Gasteiger partial charge in [0.1, 0.15) is 5.15 Å². The van der Waals surface area contributed by atoms with Gasteiger partial charge in [0, 0.05) is 0 Å². The highest BCUT2D eigenvalue weighted by Gasteiger charge is 2.10. The Labute approximate surface area is 71.1 Å². The van der Waals surface area contributed by atoms with Crippen molar-refractivity contribution in [1.29, 1.82) is 0 Å². The van der Waals surface area contributed by atoms with E-state index in [-0.39, 0.29) is 10.7 Å². The number of aromatic amines is 1. The molecular weight excluding hydrogens is 187 g/mol. The molecule has 1 aromatic rings. The Bertz CT molecular complexity index is 388. The summed E-state index contributed by atoms with van der Waals surface area (Å²) >= 11 is 5.37. The van der Waals surface area contributed by atoms with Gasteiger partial charge in [0.2, 0.25) is 0 Å². The Morgan fingerprint density at radius 3 is 2.75 bits per heavy atom. The largest absolute Gasteiger partial charge is 0.366 e. The number of nitrogens with two attached hydrogens (primary N) is 1. The molecule has 0 bridgehead atoms. The summed E-state index contributed by atoms with van der Waals surface area (Å²) in [4.78, 5) is 23.0. The zero-order valence-electron chi connectivity index (χ0n) is 5.73. The summed E-state index contributed by atoms with van der Waals surface area (Å²) in [5.41, 5.74) is 3.60. The van der Waals surface area contributed by atoms with Gasteiger partial charge in [0.05, 0.1) is 5.56 Å². The molecule has 12 heavy (non-hydrogen) atoms. The molecule has 3 N–H and O–H groups in total. The van der Waals surface area contributed by atoms with Crippen molar-refractivity contribution in [3.63, 3.8) is 0 Å². The molecule has 0 fully saturated rings. The number of halogens is 2. The lowest BCUT2D eigenvalue weighted by Gasteiger charge is -1.97. The molecule has 0 saturated carbocycles. The van der Waals surface area contributed by atoms with Gasteiger partial charge in [-0.25, -0.2) is 4.39 Å². The van der Waals surface area contributed by atoms with E-state index in [0.29, 0.717) is 6.07 Å². The van der Waals surface area contributed by atoms with Crippen LogP contribution in [-0.4, -0.2) is 10.9 Å². The van der Waals surface area contributed by atoms with Crippen LogP contribution in [0.25, 0.3) is 0 Å². The molecular formula is C6H4ClFN2O2. The van der Waals surface area contributed by atoms with E-state index in [1.165, 1.54) is 0 Å². The van der Waals surface area contributed by atoms with Crippen molar-refractivity contribution in [2.24, 2.45) is 5.73 Å². The van der Waals surface area contributed by atoms with E-state index in [2.05, 4.69) is 0 Å². The van der Waals surface area contributed by atoms with Crippen molar-refractivity contribution < 1.29 is 9.18 Å². The fraction of sp³-hybridized carbons (Fsp3) is 0. The van der Waals surface area contributed by atoms with Gasteiger partial charge in [-0.3, -0.25) is 9.59 Å². The fourth-order valence-electron chi connectivity index (χ4n) is 0.662. The van der Waals surface area contributed by atoms with Gasteiger partial charge in [-0.05, 0) is 6.07 Å². The summed E-state index contributed by atoms with van der Waals surface area (Å²) < 4.78 is 12.5. The maximum absolute atomic E-state index is 12.5. The van der Waals surface area contributed by atoms with Crippen LogP contribution in [0.5, 0.6) is 0 Å². The highest BCUT2D eigenvalue weighted by Crippen LogP contribution is 2.09. The quantitative estimate of drug-likeness (QED) is 0.624. The number of H-pyrrole nitrogens is 1. The fourth-order valence-corrected chi connectivity index (χ4v) is 0.895. The number of hydrogen-bond acceptors (Lipinski definition) is 2. The van der Waals surface area contributed by atoms with E-state index in [4.69, 9.17) is 17.3 Å². The second-order valence-corrected chi connectivity index (χ2v) is 2.42. The minimum absolute atomic E-state index is 0.242. The normalized spacial score (nSPS) is 9.83. The van der Waals surface area contributed by atoms with Crippen molar-refractivity contribution in [2.75, 3.05) is 0 Å². The molecule has 0 unspecified atom stereocenters. The zero-order valence-corrected chi connectivity index (χ0v) is 6.48. The van der Waals surface area contributed by atoms with Crippen LogP contribution >= 0.6 is 11.6 Å². The third kappa shape index (κ3) is 1.45. The van der Waals surface area contributed by atoms with Crippen LogP contribution in [0.1, 0.15) is 10.4 Å². The summed E-state index contributed by atoms with van der Waals surface area (Å²) in [7, 11) is 0. The molecule has 0 aliphatic rings. The third-order valence-electron chi connectivity index (χ3n) is 1.21. The first-order valence-electron chi connectivity index (χ1n) is 2.90. The average Bonchev–Trinajstić information content (AvgIpc) is 1.96. The predicted octanol–water partition coefficient (Wildman–Crippen LogP) is 0.266. The molecule has 1 aromatic heterocycles. The summed E-state index contributed by atoms with van der Waals surface area (Å²) in [5, 5.41) is -0.256. The molecule has 1 amide bonds. The van der Waals surface area contributed by atoms with Crippen molar-refractivity contribution in [3.8, 4) is 0 Å². The number of rotatable bonds is 1. The monoisotopic (exact) mass is 190 g/mol. The Morgan fingerprint density at radius 2 is 2.25 bits per heavy atom. The molecule has 0 spiro atoms. The van der Waals surface area contributed by atoms with E-state index in [9.17, 15) is 14.0 Å². The van der Waals surface area contributed by atoms with Crippen LogP contribution in [0, 0.1) is 5.82 Å². The molecule has 1 heterocycles. The zero-order chi connectivity index (χ0) is 9.30. The van der Waals surface area contributed by atoms with Gasteiger partial charge in [0.15, 0.2) is 5.82 Å². The number of hydrogen-bond donors (Lipinski definition) is 2. The van der Waals surface area contributed by atoms with Gasteiger partial charge in [0.25, 0.3) is 11.5 Å². The standard InChI is InChI=1S/C6H4ClFN2O2/c7-4-2(5(9)11)1-3(8)6(12)10-4/h1H,(H2,9,11)(H,10,12). The SMILES string of the molecule is NC(=O)c1cc(F)c(=O)[nH]c1Cl. The first kappa shape index (κ1) is 8.73.